The molecule has 2 rings (SSSR count). The van der Waals surface area contributed by atoms with Crippen molar-refractivity contribution in [2.75, 3.05) is 13.1 Å². The van der Waals surface area contributed by atoms with E-state index in [1.165, 1.54) is 51.6 Å². The van der Waals surface area contributed by atoms with Crippen molar-refractivity contribution in [3.8, 4) is 0 Å². The maximum atomic E-state index is 6.44. The highest BCUT2D eigenvalue weighted by Gasteiger charge is 2.41. The van der Waals surface area contributed by atoms with Crippen LogP contribution < -0.4 is 5.73 Å². The molecule has 2 nitrogen and oxygen atoms in total. The minimum Gasteiger partial charge on any atom is -0.326 e. The van der Waals surface area contributed by atoms with Crippen LogP contribution in [0.2, 0.25) is 0 Å². The van der Waals surface area contributed by atoms with Gasteiger partial charge in [-0.1, -0.05) is 40.5 Å². The molecule has 0 aromatic heterocycles. The second-order valence-corrected chi connectivity index (χ2v) is 8.13. The van der Waals surface area contributed by atoms with Crippen LogP contribution in [0.3, 0.4) is 0 Å². The Kier molecular flexibility index (Phi) is 4.62. The van der Waals surface area contributed by atoms with Gasteiger partial charge in [0.2, 0.25) is 0 Å². The molecular formula is C17H34N2. The highest BCUT2D eigenvalue weighted by atomic mass is 15.2. The molecule has 2 aliphatic rings. The molecule has 1 heterocycles. The Balaban J connectivity index is 2.01. The first-order chi connectivity index (χ1) is 8.88. The predicted octanol–water partition coefficient (Wildman–Crippen LogP) is 3.79. The number of hydrogen-bond donors (Lipinski definition) is 1. The van der Waals surface area contributed by atoms with E-state index in [4.69, 9.17) is 5.73 Å². The number of nitrogens with two attached hydrogens (primary N) is 1. The summed E-state index contributed by atoms with van der Waals surface area (Å²) in [4.78, 5) is 2.71. The van der Waals surface area contributed by atoms with Gasteiger partial charge in [0, 0.05) is 12.1 Å². The largest absolute Gasteiger partial charge is 0.326 e. The van der Waals surface area contributed by atoms with Gasteiger partial charge in [-0.15, -0.1) is 0 Å². The van der Waals surface area contributed by atoms with Crippen molar-refractivity contribution in [3.63, 3.8) is 0 Å². The van der Waals surface area contributed by atoms with Crippen LogP contribution in [0.15, 0.2) is 0 Å². The van der Waals surface area contributed by atoms with Gasteiger partial charge in [0.05, 0.1) is 0 Å². The first-order valence-electron chi connectivity index (χ1n) is 8.38. The summed E-state index contributed by atoms with van der Waals surface area (Å²) in [6.45, 7) is 11.8. The summed E-state index contributed by atoms with van der Waals surface area (Å²) in [6.07, 6.45) is 9.83. The highest BCUT2D eigenvalue weighted by Crippen LogP contribution is 2.47. The van der Waals surface area contributed by atoms with Crippen molar-refractivity contribution < 1.29 is 0 Å². The Bertz CT molecular complexity index is 276. The van der Waals surface area contributed by atoms with Crippen LogP contribution >= 0.6 is 0 Å². The van der Waals surface area contributed by atoms with Crippen LogP contribution in [0.25, 0.3) is 0 Å². The van der Waals surface area contributed by atoms with E-state index in [9.17, 15) is 0 Å². The molecule has 2 N–H and O–H groups in total. The summed E-state index contributed by atoms with van der Waals surface area (Å²) in [5.41, 5.74) is 7.44. The molecule has 1 spiro atoms. The zero-order valence-corrected chi connectivity index (χ0v) is 13.5. The summed E-state index contributed by atoms with van der Waals surface area (Å²) in [5.74, 6) is 0. The minimum absolute atomic E-state index is 0.287. The Labute approximate surface area is 120 Å². The first-order valence-corrected chi connectivity index (χ1v) is 8.38. The lowest BCUT2D eigenvalue weighted by Crippen LogP contribution is -2.57. The van der Waals surface area contributed by atoms with E-state index in [0.29, 0.717) is 12.1 Å². The van der Waals surface area contributed by atoms with Crippen LogP contribution in [-0.2, 0) is 0 Å². The molecule has 1 saturated carbocycles. The third-order valence-electron chi connectivity index (χ3n) is 5.68. The van der Waals surface area contributed by atoms with Gasteiger partial charge in [0.15, 0.2) is 0 Å². The van der Waals surface area contributed by atoms with Crippen LogP contribution in [0.5, 0.6) is 0 Å². The molecule has 0 bridgehead atoms. The Hall–Kier alpha value is -0.0800. The molecule has 0 amide bonds. The molecule has 2 heteroatoms. The van der Waals surface area contributed by atoms with Gasteiger partial charge in [-0.25, -0.2) is 0 Å². The van der Waals surface area contributed by atoms with E-state index in [0.717, 1.165) is 11.8 Å². The summed E-state index contributed by atoms with van der Waals surface area (Å²) in [6, 6.07) is 0.855. The highest BCUT2D eigenvalue weighted by molar-refractivity contribution is 4.96. The quantitative estimate of drug-likeness (QED) is 0.842. The summed E-state index contributed by atoms with van der Waals surface area (Å²) >= 11 is 0. The zero-order chi connectivity index (χ0) is 14.1. The molecule has 0 aromatic carbocycles. The normalized spacial score (nSPS) is 27.6. The van der Waals surface area contributed by atoms with E-state index in [-0.39, 0.29) is 5.41 Å². The predicted molar refractivity (Wildman–Crippen MR) is 83.2 cm³/mol. The van der Waals surface area contributed by atoms with Gasteiger partial charge in [-0.3, -0.25) is 4.90 Å². The van der Waals surface area contributed by atoms with Crippen LogP contribution in [0.4, 0.5) is 0 Å². The van der Waals surface area contributed by atoms with E-state index in [1.807, 2.05) is 0 Å². The smallest absolute Gasteiger partial charge is 0.0295 e. The lowest BCUT2D eigenvalue weighted by molar-refractivity contribution is 0.0186. The van der Waals surface area contributed by atoms with Crippen molar-refractivity contribution in [1.29, 1.82) is 0 Å². The Morgan fingerprint density at radius 3 is 2.00 bits per heavy atom. The number of likely N-dealkylation sites (tertiary alicyclic amines) is 1. The lowest BCUT2D eigenvalue weighted by Gasteiger charge is -2.48. The van der Waals surface area contributed by atoms with Gasteiger partial charge in [-0.2, -0.15) is 0 Å². The van der Waals surface area contributed by atoms with Crippen molar-refractivity contribution in [1.82, 2.24) is 4.90 Å². The number of piperidine rings is 1. The third kappa shape index (κ3) is 3.33. The topological polar surface area (TPSA) is 29.3 Å². The number of nitrogens with zero attached hydrogens (tertiary/aromatic N) is 1. The van der Waals surface area contributed by atoms with Crippen LogP contribution in [0.1, 0.15) is 72.6 Å². The van der Waals surface area contributed by atoms with Crippen LogP contribution in [-0.4, -0.2) is 30.1 Å². The third-order valence-corrected chi connectivity index (χ3v) is 5.68. The van der Waals surface area contributed by atoms with Crippen molar-refractivity contribution in [2.45, 2.75) is 84.7 Å². The van der Waals surface area contributed by atoms with Gasteiger partial charge >= 0.3 is 0 Å². The fraction of sp³-hybridized carbons (Fsp3) is 1.00. The summed E-state index contributed by atoms with van der Waals surface area (Å²) < 4.78 is 0. The molecule has 112 valence electrons. The second-order valence-electron chi connectivity index (χ2n) is 8.13. The molecule has 2 atom stereocenters. The van der Waals surface area contributed by atoms with Gasteiger partial charge < -0.3 is 5.73 Å². The average molecular weight is 266 g/mol. The monoisotopic (exact) mass is 266 g/mol. The van der Waals surface area contributed by atoms with Crippen LogP contribution in [0, 0.1) is 10.8 Å². The molecule has 2 unspecified atom stereocenters. The van der Waals surface area contributed by atoms with E-state index < -0.39 is 0 Å². The van der Waals surface area contributed by atoms with Crippen molar-refractivity contribution in [3.05, 3.63) is 0 Å². The molecule has 0 aromatic rings. The molecule has 1 aliphatic heterocycles. The van der Waals surface area contributed by atoms with Crippen molar-refractivity contribution >= 4 is 0 Å². The molecule has 19 heavy (non-hydrogen) atoms. The van der Waals surface area contributed by atoms with E-state index in [1.54, 1.807) is 0 Å². The first kappa shape index (κ1) is 15.3. The fourth-order valence-electron chi connectivity index (χ4n) is 4.59. The van der Waals surface area contributed by atoms with Gasteiger partial charge in [0.1, 0.15) is 0 Å². The maximum absolute atomic E-state index is 6.44. The second kappa shape index (κ2) is 5.73. The molecular weight excluding hydrogens is 232 g/mol. The standard InChI is InChI=1S/C17H34N2/c1-5-14(18)15(16(2,3)4)19-12-10-17(11-13-19)8-6-7-9-17/h14-15H,5-13,18H2,1-4H3. The molecule has 1 aliphatic carbocycles. The van der Waals surface area contributed by atoms with E-state index in [2.05, 4.69) is 32.6 Å². The Morgan fingerprint density at radius 2 is 1.58 bits per heavy atom. The van der Waals surface area contributed by atoms with E-state index >= 15 is 0 Å². The number of hydrogen-bond acceptors (Lipinski definition) is 2. The summed E-state index contributed by atoms with van der Waals surface area (Å²) in [5, 5.41) is 0. The lowest BCUT2D eigenvalue weighted by atomic mass is 9.74. The minimum atomic E-state index is 0.287. The Morgan fingerprint density at radius 1 is 1.05 bits per heavy atom. The zero-order valence-electron chi connectivity index (χ0n) is 13.5. The maximum Gasteiger partial charge on any atom is 0.0295 e. The van der Waals surface area contributed by atoms with Gasteiger partial charge in [-0.05, 0) is 56.0 Å². The SMILES string of the molecule is CCC(N)C(N1CCC2(CCCC2)CC1)C(C)(C)C. The van der Waals surface area contributed by atoms with Gasteiger partial charge in [0.25, 0.3) is 0 Å². The molecule has 0 radical (unpaired) electrons. The molecule has 2 fully saturated rings. The average Bonchev–Trinajstić information content (AvgIpc) is 2.79. The summed E-state index contributed by atoms with van der Waals surface area (Å²) in [7, 11) is 0. The number of rotatable bonds is 3. The molecule has 1 saturated heterocycles. The fourth-order valence-corrected chi connectivity index (χ4v) is 4.59. The van der Waals surface area contributed by atoms with Crippen molar-refractivity contribution in [2.24, 2.45) is 16.6 Å².